The summed E-state index contributed by atoms with van der Waals surface area (Å²) in [5.74, 6) is 8.37. The van der Waals surface area contributed by atoms with Crippen molar-refractivity contribution < 1.29 is 0 Å². The third-order valence-corrected chi connectivity index (χ3v) is 5.01. The largest absolute Gasteiger partial charge is 0.334 e. The van der Waals surface area contributed by atoms with Gasteiger partial charge in [-0.2, -0.15) is 0 Å². The average molecular weight is 278 g/mol. The predicted octanol–water partition coefficient (Wildman–Crippen LogP) is 3.26. The van der Waals surface area contributed by atoms with Gasteiger partial charge in [0.15, 0.2) is 0 Å². The minimum atomic E-state index is 0.186. The van der Waals surface area contributed by atoms with E-state index >= 15 is 0 Å². The molecule has 2 rings (SSSR count). The molecule has 3 N–H and O–H groups in total. The van der Waals surface area contributed by atoms with Gasteiger partial charge in [0.2, 0.25) is 0 Å². The molecule has 0 bridgehead atoms. The first kappa shape index (κ1) is 15.5. The summed E-state index contributed by atoms with van der Waals surface area (Å²) in [5.41, 5.74) is 3.45. The Balaban J connectivity index is 2.04. The first-order valence-corrected chi connectivity index (χ1v) is 7.94. The van der Waals surface area contributed by atoms with Crippen LogP contribution in [0.1, 0.15) is 65.2 Å². The van der Waals surface area contributed by atoms with E-state index in [-0.39, 0.29) is 6.04 Å². The van der Waals surface area contributed by atoms with Gasteiger partial charge in [0.05, 0.1) is 6.04 Å². The van der Waals surface area contributed by atoms with E-state index in [1.54, 1.807) is 0 Å². The van der Waals surface area contributed by atoms with E-state index in [4.69, 9.17) is 5.84 Å². The number of hydrogen-bond acceptors (Lipinski definition) is 3. The second kappa shape index (κ2) is 6.27. The molecule has 0 aromatic carbocycles. The first-order valence-electron chi connectivity index (χ1n) is 7.94. The minimum Gasteiger partial charge on any atom is -0.334 e. The summed E-state index contributed by atoms with van der Waals surface area (Å²) in [6, 6.07) is 0.186. The molecule has 1 fully saturated rings. The lowest BCUT2D eigenvalue weighted by Gasteiger charge is -2.39. The molecule has 1 aliphatic carbocycles. The Morgan fingerprint density at radius 1 is 1.35 bits per heavy atom. The molecule has 0 spiro atoms. The van der Waals surface area contributed by atoms with Gasteiger partial charge < -0.3 is 4.57 Å². The van der Waals surface area contributed by atoms with Crippen LogP contribution < -0.4 is 11.3 Å². The number of hydrogen-bond donors (Lipinski definition) is 2. The lowest BCUT2D eigenvalue weighted by Crippen LogP contribution is -2.38. The number of aromatic nitrogens is 2. The maximum atomic E-state index is 5.84. The fourth-order valence-corrected chi connectivity index (χ4v) is 3.61. The first-order chi connectivity index (χ1) is 9.47. The Morgan fingerprint density at radius 2 is 2.00 bits per heavy atom. The average Bonchev–Trinajstić information content (AvgIpc) is 2.87. The molecular weight excluding hydrogens is 248 g/mol. The lowest BCUT2D eigenvalue weighted by molar-refractivity contribution is 0.130. The second-order valence-electron chi connectivity index (χ2n) is 7.19. The molecule has 1 unspecified atom stereocenters. The Morgan fingerprint density at radius 3 is 2.50 bits per heavy atom. The van der Waals surface area contributed by atoms with Crippen LogP contribution in [0.3, 0.4) is 0 Å². The highest BCUT2D eigenvalue weighted by atomic mass is 15.3. The van der Waals surface area contributed by atoms with Gasteiger partial charge in [-0.25, -0.2) is 10.4 Å². The van der Waals surface area contributed by atoms with Crippen molar-refractivity contribution in [3.05, 3.63) is 18.2 Å². The molecule has 1 saturated carbocycles. The molecule has 1 aromatic heterocycles. The fourth-order valence-electron chi connectivity index (χ4n) is 3.61. The zero-order valence-corrected chi connectivity index (χ0v) is 13.4. The van der Waals surface area contributed by atoms with Crippen LogP contribution >= 0.6 is 0 Å². The molecule has 1 heterocycles. The van der Waals surface area contributed by atoms with Crippen LogP contribution in [-0.4, -0.2) is 9.55 Å². The van der Waals surface area contributed by atoms with Crippen LogP contribution in [0, 0.1) is 17.3 Å². The van der Waals surface area contributed by atoms with E-state index in [2.05, 4.69) is 42.7 Å². The van der Waals surface area contributed by atoms with E-state index in [9.17, 15) is 0 Å². The maximum absolute atomic E-state index is 5.84. The molecule has 4 nitrogen and oxygen atoms in total. The standard InChI is InChI=1S/C16H30N4/c1-5-20-11-10-18-15(20)14(19-17)12-6-8-13(9-7-12)16(2,3)4/h10-14,19H,5-9,17H2,1-4H3. The van der Waals surface area contributed by atoms with Gasteiger partial charge in [-0.1, -0.05) is 20.8 Å². The van der Waals surface area contributed by atoms with E-state index in [0.29, 0.717) is 11.3 Å². The molecule has 0 aliphatic heterocycles. The van der Waals surface area contributed by atoms with Crippen LogP contribution in [0.25, 0.3) is 0 Å². The zero-order valence-electron chi connectivity index (χ0n) is 13.4. The normalized spacial score (nSPS) is 25.6. The molecule has 0 radical (unpaired) electrons. The van der Waals surface area contributed by atoms with Gasteiger partial charge in [-0.05, 0) is 49.9 Å². The SMILES string of the molecule is CCn1ccnc1C(NN)C1CCC(C(C)(C)C)CC1. The predicted molar refractivity (Wildman–Crippen MR) is 82.9 cm³/mol. The lowest BCUT2D eigenvalue weighted by atomic mass is 9.68. The number of hydrazine groups is 1. The summed E-state index contributed by atoms with van der Waals surface area (Å²) in [6.45, 7) is 10.2. The van der Waals surface area contributed by atoms with Crippen LogP contribution in [-0.2, 0) is 6.54 Å². The van der Waals surface area contributed by atoms with E-state index in [1.807, 2.05) is 12.4 Å². The smallest absolute Gasteiger partial charge is 0.127 e. The van der Waals surface area contributed by atoms with E-state index in [1.165, 1.54) is 25.7 Å². The van der Waals surface area contributed by atoms with Gasteiger partial charge in [-0.15, -0.1) is 0 Å². The van der Waals surface area contributed by atoms with E-state index < -0.39 is 0 Å². The summed E-state index contributed by atoms with van der Waals surface area (Å²) in [5, 5.41) is 0. The van der Waals surface area contributed by atoms with Crippen LogP contribution in [0.4, 0.5) is 0 Å². The van der Waals surface area contributed by atoms with Gasteiger partial charge >= 0.3 is 0 Å². The summed E-state index contributed by atoms with van der Waals surface area (Å²) < 4.78 is 2.19. The number of imidazole rings is 1. The highest BCUT2D eigenvalue weighted by Crippen LogP contribution is 2.43. The van der Waals surface area contributed by atoms with Crippen molar-refractivity contribution in [2.75, 3.05) is 0 Å². The van der Waals surface area contributed by atoms with Crippen LogP contribution in [0.2, 0.25) is 0 Å². The molecule has 114 valence electrons. The molecule has 4 heteroatoms. The molecule has 1 atom stereocenters. The third kappa shape index (κ3) is 3.23. The quantitative estimate of drug-likeness (QED) is 0.656. The molecule has 20 heavy (non-hydrogen) atoms. The molecule has 1 aromatic rings. The number of rotatable bonds is 4. The Hall–Kier alpha value is -0.870. The summed E-state index contributed by atoms with van der Waals surface area (Å²) in [7, 11) is 0. The van der Waals surface area contributed by atoms with Crippen molar-refractivity contribution in [3.8, 4) is 0 Å². The van der Waals surface area contributed by atoms with Gasteiger partial charge in [-0.3, -0.25) is 5.84 Å². The number of aryl methyl sites for hydroxylation is 1. The van der Waals surface area contributed by atoms with Gasteiger partial charge in [0.1, 0.15) is 5.82 Å². The highest BCUT2D eigenvalue weighted by molar-refractivity contribution is 5.02. The monoisotopic (exact) mass is 278 g/mol. The summed E-state index contributed by atoms with van der Waals surface area (Å²) in [6.07, 6.45) is 9.02. The van der Waals surface area contributed by atoms with Crippen molar-refractivity contribution >= 4 is 0 Å². The molecule has 0 saturated heterocycles. The second-order valence-corrected chi connectivity index (χ2v) is 7.19. The third-order valence-electron chi connectivity index (χ3n) is 5.01. The van der Waals surface area contributed by atoms with Crippen molar-refractivity contribution in [1.82, 2.24) is 15.0 Å². The number of nitrogens with one attached hydrogen (secondary N) is 1. The maximum Gasteiger partial charge on any atom is 0.127 e. The van der Waals surface area contributed by atoms with Crippen molar-refractivity contribution in [1.29, 1.82) is 0 Å². The fraction of sp³-hybridized carbons (Fsp3) is 0.812. The summed E-state index contributed by atoms with van der Waals surface area (Å²) >= 11 is 0. The van der Waals surface area contributed by atoms with Gasteiger partial charge in [0.25, 0.3) is 0 Å². The topological polar surface area (TPSA) is 55.9 Å². The summed E-state index contributed by atoms with van der Waals surface area (Å²) in [4.78, 5) is 4.52. The molecular formula is C16H30N4. The van der Waals surface area contributed by atoms with Gasteiger partial charge in [0, 0.05) is 18.9 Å². The molecule has 1 aliphatic rings. The highest BCUT2D eigenvalue weighted by Gasteiger charge is 2.34. The minimum absolute atomic E-state index is 0.186. The molecule has 0 amide bonds. The Bertz CT molecular complexity index is 410. The Labute approximate surface area is 123 Å². The van der Waals surface area contributed by atoms with Crippen molar-refractivity contribution in [3.63, 3.8) is 0 Å². The van der Waals surface area contributed by atoms with Crippen LogP contribution in [0.15, 0.2) is 12.4 Å². The van der Waals surface area contributed by atoms with E-state index in [0.717, 1.165) is 18.3 Å². The van der Waals surface area contributed by atoms with Crippen molar-refractivity contribution in [2.45, 2.75) is 66.0 Å². The van der Waals surface area contributed by atoms with Crippen LogP contribution in [0.5, 0.6) is 0 Å². The number of nitrogens with zero attached hydrogens (tertiary/aromatic N) is 2. The Kier molecular flexibility index (Phi) is 4.86. The van der Waals surface area contributed by atoms with Crippen molar-refractivity contribution in [2.24, 2.45) is 23.1 Å². The zero-order chi connectivity index (χ0) is 14.8. The number of nitrogens with two attached hydrogens (primary N) is 1.